The van der Waals surface area contributed by atoms with Crippen molar-refractivity contribution in [1.82, 2.24) is 10.6 Å². The third kappa shape index (κ3) is 9.73. The zero-order valence-corrected chi connectivity index (χ0v) is 14.6. The van der Waals surface area contributed by atoms with E-state index in [2.05, 4.69) is 45.7 Å². The van der Waals surface area contributed by atoms with Crippen LogP contribution in [-0.4, -0.2) is 32.4 Å². The van der Waals surface area contributed by atoms with Crippen molar-refractivity contribution in [2.45, 2.75) is 6.54 Å². The van der Waals surface area contributed by atoms with Crippen LogP contribution in [0.15, 0.2) is 84.2 Å². The van der Waals surface area contributed by atoms with Gasteiger partial charge in [0.15, 0.2) is 0 Å². The van der Waals surface area contributed by atoms with E-state index in [9.17, 15) is 4.79 Å². The molecule has 0 atom stereocenters. The van der Waals surface area contributed by atoms with Gasteiger partial charge in [-0.2, -0.15) is 0 Å². The molecule has 5 heteroatoms. The fourth-order valence-corrected chi connectivity index (χ4v) is 1.81. The molecule has 1 aromatic rings. The third-order valence-electron chi connectivity index (χ3n) is 3.06. The lowest BCUT2D eigenvalue weighted by molar-refractivity contribution is -0.134. The number of hydrogen-bond acceptors (Lipinski definition) is 5. The number of esters is 1. The monoisotopic (exact) mass is 339 g/mol. The second kappa shape index (κ2) is 12.5. The van der Waals surface area contributed by atoms with E-state index in [1.54, 1.807) is 24.4 Å². The first-order valence-corrected chi connectivity index (χ1v) is 7.96. The van der Waals surface area contributed by atoms with E-state index in [1.165, 1.54) is 18.7 Å². The minimum Gasteiger partial charge on any atom is -0.466 e. The maximum absolute atomic E-state index is 11.0. The van der Waals surface area contributed by atoms with Crippen molar-refractivity contribution in [2.75, 3.05) is 20.2 Å². The van der Waals surface area contributed by atoms with Crippen LogP contribution in [0, 0.1) is 0 Å². The number of carbonyl (C=O) groups excluding carboxylic acids is 1. The SMILES string of the molecule is C=C/C=C(\N=C/C(=C)/C=C/C(=O)OC)NCCNCc1ccccc1. The highest BCUT2D eigenvalue weighted by molar-refractivity contribution is 5.87. The molecule has 0 saturated heterocycles. The van der Waals surface area contributed by atoms with E-state index < -0.39 is 5.97 Å². The fourth-order valence-electron chi connectivity index (χ4n) is 1.81. The Bertz CT molecular complexity index is 646. The minimum atomic E-state index is -0.431. The van der Waals surface area contributed by atoms with Gasteiger partial charge in [0.05, 0.1) is 7.11 Å². The van der Waals surface area contributed by atoms with E-state index in [0.717, 1.165) is 13.1 Å². The van der Waals surface area contributed by atoms with E-state index in [1.807, 2.05) is 18.2 Å². The second-order valence-electron chi connectivity index (χ2n) is 5.07. The summed E-state index contributed by atoms with van der Waals surface area (Å²) < 4.78 is 4.52. The summed E-state index contributed by atoms with van der Waals surface area (Å²) in [5.74, 6) is 0.239. The molecule has 0 aliphatic rings. The summed E-state index contributed by atoms with van der Waals surface area (Å²) >= 11 is 0. The van der Waals surface area contributed by atoms with Crippen molar-refractivity contribution in [3.8, 4) is 0 Å². The van der Waals surface area contributed by atoms with Crippen molar-refractivity contribution < 1.29 is 9.53 Å². The van der Waals surface area contributed by atoms with E-state index in [-0.39, 0.29) is 0 Å². The Morgan fingerprint density at radius 3 is 2.68 bits per heavy atom. The Balaban J connectivity index is 2.36. The smallest absolute Gasteiger partial charge is 0.330 e. The fraction of sp³-hybridized carbons (Fsp3) is 0.200. The van der Waals surface area contributed by atoms with E-state index in [4.69, 9.17) is 0 Å². The van der Waals surface area contributed by atoms with Crippen LogP contribution >= 0.6 is 0 Å². The molecule has 132 valence electrons. The molecule has 0 bridgehead atoms. The highest BCUT2D eigenvalue weighted by atomic mass is 16.5. The van der Waals surface area contributed by atoms with Gasteiger partial charge in [0.2, 0.25) is 0 Å². The first-order valence-electron chi connectivity index (χ1n) is 7.96. The van der Waals surface area contributed by atoms with E-state index in [0.29, 0.717) is 17.9 Å². The van der Waals surface area contributed by atoms with Gasteiger partial charge in [-0.1, -0.05) is 49.6 Å². The zero-order valence-electron chi connectivity index (χ0n) is 14.6. The Hall–Kier alpha value is -2.92. The Morgan fingerprint density at radius 2 is 2.00 bits per heavy atom. The van der Waals surface area contributed by atoms with Crippen molar-refractivity contribution in [3.05, 3.63) is 84.8 Å². The lowest BCUT2D eigenvalue weighted by Gasteiger charge is -2.08. The largest absolute Gasteiger partial charge is 0.466 e. The number of carbonyl (C=O) groups is 1. The van der Waals surface area contributed by atoms with Crippen molar-refractivity contribution >= 4 is 12.2 Å². The summed E-state index contributed by atoms with van der Waals surface area (Å²) in [6, 6.07) is 10.2. The third-order valence-corrected chi connectivity index (χ3v) is 3.06. The van der Waals surface area contributed by atoms with Crippen molar-refractivity contribution in [1.29, 1.82) is 0 Å². The highest BCUT2D eigenvalue weighted by Crippen LogP contribution is 1.97. The number of rotatable bonds is 11. The number of hydrogen-bond donors (Lipinski definition) is 2. The van der Waals surface area contributed by atoms with Gasteiger partial charge in [-0.3, -0.25) is 0 Å². The van der Waals surface area contributed by atoms with Gasteiger partial charge in [-0.25, -0.2) is 9.79 Å². The molecule has 25 heavy (non-hydrogen) atoms. The van der Waals surface area contributed by atoms with Crippen molar-refractivity contribution in [2.24, 2.45) is 4.99 Å². The topological polar surface area (TPSA) is 62.7 Å². The van der Waals surface area contributed by atoms with Crippen LogP contribution in [0.25, 0.3) is 0 Å². The molecule has 1 aromatic carbocycles. The Morgan fingerprint density at radius 1 is 1.24 bits per heavy atom. The van der Waals surface area contributed by atoms with Gasteiger partial charge in [-0.05, 0) is 23.3 Å². The molecular weight excluding hydrogens is 314 g/mol. The first-order chi connectivity index (χ1) is 12.2. The quantitative estimate of drug-likeness (QED) is 0.214. The summed E-state index contributed by atoms with van der Waals surface area (Å²) in [7, 11) is 1.32. The van der Waals surface area contributed by atoms with Gasteiger partial charge < -0.3 is 15.4 Å². The normalized spacial score (nSPS) is 11.6. The maximum Gasteiger partial charge on any atom is 0.330 e. The van der Waals surface area contributed by atoms with Gasteiger partial charge in [0, 0.05) is 31.9 Å². The average molecular weight is 339 g/mol. The summed E-state index contributed by atoms with van der Waals surface area (Å²) in [6.45, 7) is 9.81. The molecule has 0 heterocycles. The number of benzene rings is 1. The van der Waals surface area contributed by atoms with Crippen LogP contribution in [-0.2, 0) is 16.1 Å². The maximum atomic E-state index is 11.0. The molecule has 0 aromatic heterocycles. The summed E-state index contributed by atoms with van der Waals surface area (Å²) in [5, 5.41) is 6.57. The molecule has 0 spiro atoms. The summed E-state index contributed by atoms with van der Waals surface area (Å²) in [5.41, 5.74) is 1.83. The van der Waals surface area contributed by atoms with Crippen molar-refractivity contribution in [3.63, 3.8) is 0 Å². The number of nitrogens with one attached hydrogen (secondary N) is 2. The molecular formula is C20H25N3O2. The molecule has 0 radical (unpaired) electrons. The predicted octanol–water partition coefficient (Wildman–Crippen LogP) is 2.75. The molecule has 0 saturated carbocycles. The Labute approximate surface area is 149 Å². The molecule has 0 amide bonds. The minimum absolute atomic E-state index is 0.431. The zero-order chi connectivity index (χ0) is 18.3. The van der Waals surface area contributed by atoms with Crippen LogP contribution in [0.4, 0.5) is 0 Å². The van der Waals surface area contributed by atoms with Crippen LogP contribution < -0.4 is 10.6 Å². The summed E-state index contributed by atoms with van der Waals surface area (Å²) in [4.78, 5) is 15.3. The number of aliphatic imine (C=N–C) groups is 1. The Kier molecular flexibility index (Phi) is 10.1. The van der Waals surface area contributed by atoms with Crippen LogP contribution in [0.1, 0.15) is 5.56 Å². The first kappa shape index (κ1) is 20.1. The molecule has 2 N–H and O–H groups in total. The van der Waals surface area contributed by atoms with Gasteiger partial charge in [0.1, 0.15) is 5.82 Å². The molecule has 0 aliphatic carbocycles. The van der Waals surface area contributed by atoms with Gasteiger partial charge in [0.25, 0.3) is 0 Å². The molecule has 1 rings (SSSR count). The number of nitrogens with zero attached hydrogens (tertiary/aromatic N) is 1. The number of ether oxygens (including phenoxy) is 1. The molecule has 5 nitrogen and oxygen atoms in total. The summed E-state index contributed by atoms with van der Waals surface area (Å²) in [6.07, 6.45) is 7.84. The average Bonchev–Trinajstić information content (AvgIpc) is 2.64. The lowest BCUT2D eigenvalue weighted by atomic mass is 10.2. The standard InChI is InChI=1S/C20H25N3O2/c1-4-8-19(23-15-17(2)11-12-20(24)25-3)22-14-13-21-16-18-9-6-5-7-10-18/h4-12,15,21-22H,1-2,13-14,16H2,3H3/b12-11+,19-8-,23-15-. The van der Waals surface area contributed by atoms with Crippen LogP contribution in [0.2, 0.25) is 0 Å². The van der Waals surface area contributed by atoms with Gasteiger partial charge >= 0.3 is 5.97 Å². The second-order valence-corrected chi connectivity index (χ2v) is 5.07. The predicted molar refractivity (Wildman–Crippen MR) is 103 cm³/mol. The lowest BCUT2D eigenvalue weighted by Crippen LogP contribution is -2.26. The van der Waals surface area contributed by atoms with E-state index >= 15 is 0 Å². The molecule has 0 fully saturated rings. The number of allylic oxidation sites excluding steroid dienone is 4. The van der Waals surface area contributed by atoms with Crippen LogP contribution in [0.5, 0.6) is 0 Å². The van der Waals surface area contributed by atoms with Crippen LogP contribution in [0.3, 0.4) is 0 Å². The highest BCUT2D eigenvalue weighted by Gasteiger charge is 1.95. The van der Waals surface area contributed by atoms with Gasteiger partial charge in [-0.15, -0.1) is 0 Å². The molecule has 0 unspecified atom stereocenters. The molecule has 0 aliphatic heterocycles. The number of methoxy groups -OCH3 is 1.